The summed E-state index contributed by atoms with van der Waals surface area (Å²) in [6.07, 6.45) is 9.59. The second kappa shape index (κ2) is 10.3. The predicted octanol–water partition coefficient (Wildman–Crippen LogP) is 6.62. The van der Waals surface area contributed by atoms with Gasteiger partial charge in [0.15, 0.2) is 0 Å². The molecule has 2 aromatic rings. The lowest BCUT2D eigenvalue weighted by Crippen LogP contribution is -2.26. The highest BCUT2D eigenvalue weighted by molar-refractivity contribution is 6.30. The van der Waals surface area contributed by atoms with Crippen molar-refractivity contribution in [3.63, 3.8) is 0 Å². The summed E-state index contributed by atoms with van der Waals surface area (Å²) >= 11 is 6.29. The van der Waals surface area contributed by atoms with Crippen LogP contribution in [0.1, 0.15) is 61.5 Å². The number of carbonyl (C=O) groups excluding carboxylic acids is 2. The van der Waals surface area contributed by atoms with Crippen molar-refractivity contribution in [1.82, 2.24) is 9.47 Å². The van der Waals surface area contributed by atoms with Crippen molar-refractivity contribution in [1.29, 1.82) is 0 Å². The molecule has 1 aliphatic heterocycles. The number of benzene rings is 1. The van der Waals surface area contributed by atoms with E-state index < -0.39 is 5.97 Å². The Bertz CT molecular complexity index is 1280. The van der Waals surface area contributed by atoms with E-state index >= 15 is 0 Å². The Morgan fingerprint density at radius 3 is 2.60 bits per heavy atom. The zero-order chi connectivity index (χ0) is 25.3. The summed E-state index contributed by atoms with van der Waals surface area (Å²) in [7, 11) is 1.36. The molecule has 0 saturated carbocycles. The van der Waals surface area contributed by atoms with E-state index in [2.05, 4.69) is 10.6 Å². The van der Waals surface area contributed by atoms with Crippen LogP contribution in [0.15, 0.2) is 52.8 Å². The molecular weight excluding hydrogens is 460 g/mol. The summed E-state index contributed by atoms with van der Waals surface area (Å²) < 4.78 is 7.21. The zero-order valence-corrected chi connectivity index (χ0v) is 22.0. The van der Waals surface area contributed by atoms with Crippen molar-refractivity contribution in [3.8, 4) is 5.69 Å². The molecule has 0 atom stereocenters. The molecule has 184 valence electrons. The van der Waals surface area contributed by atoms with Crippen LogP contribution in [-0.2, 0) is 14.3 Å². The first-order valence-electron chi connectivity index (χ1n) is 12.2. The molecule has 35 heavy (non-hydrogen) atoms. The van der Waals surface area contributed by atoms with Gasteiger partial charge in [0, 0.05) is 34.3 Å². The maximum absolute atomic E-state index is 13.6. The van der Waals surface area contributed by atoms with E-state index in [-0.39, 0.29) is 5.91 Å². The number of hydrogen-bond donors (Lipinski definition) is 0. The summed E-state index contributed by atoms with van der Waals surface area (Å²) in [5.41, 5.74) is 7.76. The van der Waals surface area contributed by atoms with Crippen LogP contribution in [0.4, 0.5) is 0 Å². The Kier molecular flexibility index (Phi) is 7.36. The highest BCUT2D eigenvalue weighted by Gasteiger charge is 2.37. The average molecular weight is 493 g/mol. The number of amides is 1. The van der Waals surface area contributed by atoms with Gasteiger partial charge >= 0.3 is 5.97 Å². The molecule has 0 bridgehead atoms. The zero-order valence-electron chi connectivity index (χ0n) is 21.2. The van der Waals surface area contributed by atoms with E-state index in [4.69, 9.17) is 16.3 Å². The number of esters is 1. The number of methoxy groups -OCH3 is 1. The van der Waals surface area contributed by atoms with Gasteiger partial charge in [-0.1, -0.05) is 29.3 Å². The second-order valence-electron chi connectivity index (χ2n) is 9.42. The molecule has 0 spiro atoms. The van der Waals surface area contributed by atoms with E-state index in [0.29, 0.717) is 28.4 Å². The molecule has 2 heterocycles. The monoisotopic (exact) mass is 492 g/mol. The normalized spacial score (nSPS) is 17.4. The number of ether oxygens (including phenoxy) is 1. The van der Waals surface area contributed by atoms with Gasteiger partial charge in [-0.15, -0.1) is 0 Å². The molecule has 1 aromatic heterocycles. The van der Waals surface area contributed by atoms with Crippen molar-refractivity contribution < 1.29 is 14.3 Å². The minimum atomic E-state index is -0.485. The number of rotatable bonds is 6. The summed E-state index contributed by atoms with van der Waals surface area (Å²) in [5, 5.41) is 0.666. The quantitative estimate of drug-likeness (QED) is 0.258. The fourth-order valence-electron chi connectivity index (χ4n) is 5.17. The molecule has 1 aliphatic carbocycles. The molecule has 0 unspecified atom stereocenters. The number of nitrogens with zero attached hydrogens (tertiary/aromatic N) is 2. The predicted molar refractivity (Wildman–Crippen MR) is 141 cm³/mol. The fraction of sp³-hybridized carbons (Fsp3) is 0.379. The molecule has 2 aliphatic rings. The van der Waals surface area contributed by atoms with Crippen LogP contribution in [-0.4, -0.2) is 35.0 Å². The molecule has 1 aromatic carbocycles. The largest absolute Gasteiger partial charge is 0.465 e. The fourth-order valence-corrected chi connectivity index (χ4v) is 5.33. The van der Waals surface area contributed by atoms with Crippen molar-refractivity contribution in [2.75, 3.05) is 13.7 Å². The molecule has 5 nitrogen and oxygen atoms in total. The Hall–Kier alpha value is -3.05. The first kappa shape index (κ1) is 25.1. The standard InChI is InChI=1S/C29H33ClN2O3/c1-18-11-12-24(30)17-26(18)32-19(2)15-23(20(32)3)16-25-27(29(34)35-5)21(4)31(28(25)33)14-13-22-9-7-6-8-10-22/h9,11-12,15-17H,6-8,10,13-14H2,1-5H3/b25-16-. The number of hydrogen-bond acceptors (Lipinski definition) is 3. The highest BCUT2D eigenvalue weighted by atomic mass is 35.5. The first-order chi connectivity index (χ1) is 16.7. The second-order valence-corrected chi connectivity index (χ2v) is 9.85. The van der Waals surface area contributed by atoms with Crippen LogP contribution in [0.2, 0.25) is 5.02 Å². The smallest absolute Gasteiger partial charge is 0.340 e. The van der Waals surface area contributed by atoms with Gasteiger partial charge in [0.25, 0.3) is 5.91 Å². The molecule has 0 saturated heterocycles. The van der Waals surface area contributed by atoms with E-state index in [1.807, 2.05) is 58.0 Å². The number of aryl methyl sites for hydroxylation is 2. The van der Waals surface area contributed by atoms with Crippen LogP contribution in [0, 0.1) is 20.8 Å². The third-order valence-corrected chi connectivity index (χ3v) is 7.36. The maximum atomic E-state index is 13.6. The lowest BCUT2D eigenvalue weighted by Gasteiger charge is -2.20. The van der Waals surface area contributed by atoms with E-state index in [0.717, 1.165) is 47.5 Å². The maximum Gasteiger partial charge on any atom is 0.340 e. The molecule has 1 amide bonds. The van der Waals surface area contributed by atoms with Crippen LogP contribution >= 0.6 is 11.6 Å². The van der Waals surface area contributed by atoms with Crippen molar-refractivity contribution in [2.24, 2.45) is 0 Å². The SMILES string of the molecule is COC(=O)C1=C(C)N(CCC2=CCCCC2)C(=O)/C1=C\c1cc(C)n(-c2cc(Cl)ccc2C)c1C. The lowest BCUT2D eigenvalue weighted by atomic mass is 9.97. The van der Waals surface area contributed by atoms with Crippen LogP contribution in [0.3, 0.4) is 0 Å². The summed E-state index contributed by atoms with van der Waals surface area (Å²) in [6.45, 7) is 8.48. The minimum Gasteiger partial charge on any atom is -0.465 e. The van der Waals surface area contributed by atoms with Gasteiger partial charge in [0.05, 0.1) is 18.3 Å². The number of carbonyl (C=O) groups is 2. The van der Waals surface area contributed by atoms with Crippen molar-refractivity contribution in [3.05, 3.63) is 80.3 Å². The molecule has 0 fully saturated rings. The molecule has 0 N–H and O–H groups in total. The first-order valence-corrected chi connectivity index (χ1v) is 12.6. The summed E-state index contributed by atoms with van der Waals surface area (Å²) in [4.78, 5) is 28.0. The topological polar surface area (TPSA) is 51.5 Å². The third-order valence-electron chi connectivity index (χ3n) is 7.12. The lowest BCUT2D eigenvalue weighted by molar-refractivity contribution is -0.136. The van der Waals surface area contributed by atoms with Crippen molar-refractivity contribution in [2.45, 2.75) is 59.8 Å². The van der Waals surface area contributed by atoms with Crippen molar-refractivity contribution >= 4 is 29.6 Å². The number of halogens is 1. The highest BCUT2D eigenvalue weighted by Crippen LogP contribution is 2.34. The van der Waals surface area contributed by atoms with Gasteiger partial charge < -0.3 is 14.2 Å². The molecule has 0 radical (unpaired) electrons. The number of aromatic nitrogens is 1. The van der Waals surface area contributed by atoms with E-state index in [9.17, 15) is 9.59 Å². The number of allylic oxidation sites excluding steroid dienone is 2. The van der Waals surface area contributed by atoms with Crippen LogP contribution in [0.25, 0.3) is 11.8 Å². The van der Waals surface area contributed by atoms with E-state index in [1.54, 1.807) is 4.90 Å². The third kappa shape index (κ3) is 4.87. The van der Waals surface area contributed by atoms with Gasteiger partial charge in [-0.3, -0.25) is 4.79 Å². The molecular formula is C29H33ClN2O3. The Morgan fingerprint density at radius 2 is 1.91 bits per heavy atom. The average Bonchev–Trinajstić information content (AvgIpc) is 3.25. The van der Waals surface area contributed by atoms with Gasteiger partial charge in [-0.05, 0) is 95.2 Å². The minimum absolute atomic E-state index is 0.150. The summed E-state index contributed by atoms with van der Waals surface area (Å²) in [5.74, 6) is -0.635. The van der Waals surface area contributed by atoms with Crippen LogP contribution in [0.5, 0.6) is 0 Å². The Morgan fingerprint density at radius 1 is 1.14 bits per heavy atom. The van der Waals surface area contributed by atoms with Gasteiger partial charge in [-0.25, -0.2) is 4.79 Å². The molecule has 4 rings (SSSR count). The summed E-state index contributed by atoms with van der Waals surface area (Å²) in [6, 6.07) is 7.86. The van der Waals surface area contributed by atoms with Crippen LogP contribution < -0.4 is 0 Å². The Labute approximate surface area is 212 Å². The van der Waals surface area contributed by atoms with Gasteiger partial charge in [0.1, 0.15) is 0 Å². The van der Waals surface area contributed by atoms with E-state index in [1.165, 1.54) is 25.5 Å². The van der Waals surface area contributed by atoms with Gasteiger partial charge in [-0.2, -0.15) is 0 Å². The Balaban J connectivity index is 1.72. The molecule has 6 heteroatoms. The van der Waals surface area contributed by atoms with Gasteiger partial charge in [0.2, 0.25) is 0 Å².